The van der Waals surface area contributed by atoms with Crippen LogP contribution >= 0.6 is 12.4 Å². The number of aromatic nitrogens is 1. The first kappa shape index (κ1) is 16.5. The molecule has 1 aliphatic rings. The number of benzene rings is 1. The number of carbonyl (C=O) groups excluding carboxylic acids is 1. The number of hydrogen-bond acceptors (Lipinski definition) is 4. The summed E-state index contributed by atoms with van der Waals surface area (Å²) in [4.78, 5) is 16.4. The summed E-state index contributed by atoms with van der Waals surface area (Å²) in [6.45, 7) is 0. The number of nitrogens with two attached hydrogens (primary N) is 1. The van der Waals surface area contributed by atoms with Crippen molar-refractivity contribution in [3.05, 3.63) is 42.3 Å². The maximum Gasteiger partial charge on any atom is 0.273 e. The molecule has 0 spiro atoms. The molecule has 0 radical (unpaired) electrons. The van der Waals surface area contributed by atoms with E-state index in [1.165, 1.54) is 6.26 Å². The van der Waals surface area contributed by atoms with Crippen LogP contribution in [0, 0.1) is 0 Å². The van der Waals surface area contributed by atoms with Gasteiger partial charge < -0.3 is 15.5 Å². The summed E-state index contributed by atoms with van der Waals surface area (Å²) >= 11 is 0. The molecule has 5 nitrogen and oxygen atoms in total. The van der Waals surface area contributed by atoms with Crippen LogP contribution in [0.4, 0.5) is 0 Å². The summed E-state index contributed by atoms with van der Waals surface area (Å²) < 4.78 is 5.39. The van der Waals surface area contributed by atoms with Crippen molar-refractivity contribution in [3.8, 4) is 11.5 Å². The summed E-state index contributed by atoms with van der Waals surface area (Å²) in [6.07, 6.45) is 5.18. The monoisotopic (exact) mass is 321 g/mol. The van der Waals surface area contributed by atoms with E-state index in [0.29, 0.717) is 11.6 Å². The Bertz CT molecular complexity index is 607. The zero-order valence-corrected chi connectivity index (χ0v) is 13.0. The molecule has 0 unspecified atom stereocenters. The molecule has 1 aromatic carbocycles. The molecule has 1 aromatic heterocycles. The van der Waals surface area contributed by atoms with Gasteiger partial charge in [0.2, 0.25) is 5.89 Å². The van der Waals surface area contributed by atoms with Crippen molar-refractivity contribution in [2.24, 2.45) is 5.73 Å². The third kappa shape index (κ3) is 3.87. The minimum Gasteiger partial charge on any atom is -0.444 e. The van der Waals surface area contributed by atoms with E-state index in [0.717, 1.165) is 31.2 Å². The van der Waals surface area contributed by atoms with Crippen LogP contribution in [-0.2, 0) is 0 Å². The van der Waals surface area contributed by atoms with Crippen LogP contribution in [0.15, 0.2) is 41.0 Å². The summed E-state index contributed by atoms with van der Waals surface area (Å²) in [7, 11) is 0. The largest absolute Gasteiger partial charge is 0.444 e. The highest BCUT2D eigenvalue weighted by Gasteiger charge is 2.22. The molecule has 1 aliphatic carbocycles. The predicted octanol–water partition coefficient (Wildman–Crippen LogP) is 2.76. The highest BCUT2D eigenvalue weighted by molar-refractivity contribution is 5.92. The Kier molecular flexibility index (Phi) is 5.57. The molecule has 0 aliphatic heterocycles. The minimum atomic E-state index is -0.179. The van der Waals surface area contributed by atoms with Crippen LogP contribution in [-0.4, -0.2) is 23.0 Å². The molecule has 3 N–H and O–H groups in total. The van der Waals surface area contributed by atoms with Crippen LogP contribution in [0.1, 0.15) is 36.2 Å². The SMILES string of the molecule is Cl.NC1CCC(NC(=O)c2coc(-c3ccccc3)n2)CC1. The maximum absolute atomic E-state index is 12.2. The Labute approximate surface area is 135 Å². The van der Waals surface area contributed by atoms with Gasteiger partial charge in [-0.3, -0.25) is 4.79 Å². The molecule has 6 heteroatoms. The van der Waals surface area contributed by atoms with Gasteiger partial charge in [0.15, 0.2) is 5.69 Å². The second-order valence-electron chi connectivity index (χ2n) is 5.49. The lowest BCUT2D eigenvalue weighted by molar-refractivity contribution is 0.0921. The summed E-state index contributed by atoms with van der Waals surface area (Å²) in [5.41, 5.74) is 7.05. The van der Waals surface area contributed by atoms with Gasteiger partial charge in [0.25, 0.3) is 5.91 Å². The lowest BCUT2D eigenvalue weighted by atomic mass is 9.92. The Balaban J connectivity index is 0.00000176. The number of carbonyl (C=O) groups is 1. The molecule has 118 valence electrons. The predicted molar refractivity (Wildman–Crippen MR) is 86.9 cm³/mol. The van der Waals surface area contributed by atoms with Gasteiger partial charge >= 0.3 is 0 Å². The van der Waals surface area contributed by atoms with Gasteiger partial charge in [-0.2, -0.15) is 0 Å². The number of nitrogens with zero attached hydrogens (tertiary/aromatic N) is 1. The van der Waals surface area contributed by atoms with E-state index < -0.39 is 0 Å². The fraction of sp³-hybridized carbons (Fsp3) is 0.375. The lowest BCUT2D eigenvalue weighted by Gasteiger charge is -2.26. The number of halogens is 1. The molecule has 1 heterocycles. The number of oxazole rings is 1. The van der Waals surface area contributed by atoms with Crippen molar-refractivity contribution >= 4 is 18.3 Å². The van der Waals surface area contributed by atoms with Crippen LogP contribution < -0.4 is 11.1 Å². The van der Waals surface area contributed by atoms with Crippen molar-refractivity contribution in [1.29, 1.82) is 0 Å². The molecule has 22 heavy (non-hydrogen) atoms. The highest BCUT2D eigenvalue weighted by Crippen LogP contribution is 2.19. The van der Waals surface area contributed by atoms with Gasteiger partial charge in [-0.25, -0.2) is 4.98 Å². The quantitative estimate of drug-likeness (QED) is 0.910. The van der Waals surface area contributed by atoms with Gasteiger partial charge in [0, 0.05) is 17.6 Å². The average Bonchev–Trinajstić information content (AvgIpc) is 3.00. The van der Waals surface area contributed by atoms with Gasteiger partial charge in [0.05, 0.1) is 0 Å². The van der Waals surface area contributed by atoms with Crippen molar-refractivity contribution < 1.29 is 9.21 Å². The van der Waals surface area contributed by atoms with E-state index >= 15 is 0 Å². The van der Waals surface area contributed by atoms with E-state index in [2.05, 4.69) is 10.3 Å². The molecule has 0 bridgehead atoms. The molecule has 3 rings (SSSR count). The highest BCUT2D eigenvalue weighted by atomic mass is 35.5. The van der Waals surface area contributed by atoms with E-state index in [1.54, 1.807) is 0 Å². The van der Waals surface area contributed by atoms with Crippen LogP contribution in [0.5, 0.6) is 0 Å². The van der Waals surface area contributed by atoms with Crippen molar-refractivity contribution in [2.45, 2.75) is 37.8 Å². The van der Waals surface area contributed by atoms with Crippen molar-refractivity contribution in [3.63, 3.8) is 0 Å². The zero-order valence-electron chi connectivity index (χ0n) is 12.2. The van der Waals surface area contributed by atoms with Crippen LogP contribution in [0.25, 0.3) is 11.5 Å². The molecule has 2 aromatic rings. The second-order valence-corrected chi connectivity index (χ2v) is 5.49. The first-order valence-electron chi connectivity index (χ1n) is 7.30. The van der Waals surface area contributed by atoms with Gasteiger partial charge in [-0.15, -0.1) is 12.4 Å². The summed E-state index contributed by atoms with van der Waals surface area (Å²) in [6, 6.07) is 10.00. The third-order valence-electron chi connectivity index (χ3n) is 3.86. The first-order chi connectivity index (χ1) is 10.2. The molecule has 0 saturated heterocycles. The second kappa shape index (κ2) is 7.42. The number of amides is 1. The number of nitrogens with one attached hydrogen (secondary N) is 1. The standard InChI is InChI=1S/C16H19N3O2.ClH/c17-12-6-8-13(9-7-12)18-15(20)14-10-21-16(19-14)11-4-2-1-3-5-11;/h1-5,10,12-13H,6-9,17H2,(H,18,20);1H. The van der Waals surface area contributed by atoms with Crippen molar-refractivity contribution in [1.82, 2.24) is 10.3 Å². The third-order valence-corrected chi connectivity index (χ3v) is 3.86. The molecule has 1 saturated carbocycles. The summed E-state index contributed by atoms with van der Waals surface area (Å²) in [5.74, 6) is 0.285. The molecule has 0 atom stereocenters. The topological polar surface area (TPSA) is 81.1 Å². The average molecular weight is 322 g/mol. The number of rotatable bonds is 3. The fourth-order valence-electron chi connectivity index (χ4n) is 2.61. The molecular weight excluding hydrogens is 302 g/mol. The van der Waals surface area contributed by atoms with Crippen molar-refractivity contribution in [2.75, 3.05) is 0 Å². The number of hydrogen-bond donors (Lipinski definition) is 2. The smallest absolute Gasteiger partial charge is 0.273 e. The van der Waals surface area contributed by atoms with Gasteiger partial charge in [-0.05, 0) is 37.8 Å². The maximum atomic E-state index is 12.2. The van der Waals surface area contributed by atoms with E-state index in [1.807, 2.05) is 30.3 Å². The fourth-order valence-corrected chi connectivity index (χ4v) is 2.61. The van der Waals surface area contributed by atoms with E-state index in [4.69, 9.17) is 10.2 Å². The first-order valence-corrected chi connectivity index (χ1v) is 7.30. The van der Waals surface area contributed by atoms with Gasteiger partial charge in [0.1, 0.15) is 6.26 Å². The zero-order chi connectivity index (χ0) is 14.7. The molecular formula is C16H20ClN3O2. The minimum absolute atomic E-state index is 0. The molecule has 1 amide bonds. The Morgan fingerprint density at radius 1 is 1.18 bits per heavy atom. The summed E-state index contributed by atoms with van der Waals surface area (Å²) in [5, 5.41) is 3.00. The normalized spacial score (nSPS) is 21.0. The van der Waals surface area contributed by atoms with E-state index in [9.17, 15) is 4.79 Å². The lowest BCUT2D eigenvalue weighted by Crippen LogP contribution is -2.40. The van der Waals surface area contributed by atoms with E-state index in [-0.39, 0.29) is 30.4 Å². The van der Waals surface area contributed by atoms with Crippen LogP contribution in [0.2, 0.25) is 0 Å². The Morgan fingerprint density at radius 2 is 1.86 bits per heavy atom. The van der Waals surface area contributed by atoms with Gasteiger partial charge in [-0.1, -0.05) is 18.2 Å². The Morgan fingerprint density at radius 3 is 2.55 bits per heavy atom. The Hall–Kier alpha value is -1.85. The molecule has 1 fully saturated rings. The van der Waals surface area contributed by atoms with Crippen LogP contribution in [0.3, 0.4) is 0 Å².